The number of likely N-dealkylation sites (N-methyl/N-ethyl adjacent to an activating group) is 1. The largest absolute Gasteiger partial charge is 0.481 e. The lowest BCUT2D eigenvalue weighted by Crippen LogP contribution is -2.44. The molecule has 1 saturated carbocycles. The maximum Gasteiger partial charge on any atom is 0.305 e. The van der Waals surface area contributed by atoms with E-state index in [-0.39, 0.29) is 18.4 Å². The summed E-state index contributed by atoms with van der Waals surface area (Å²) in [6, 6.07) is 0.400. The SMILES string of the molecule is CN(CCC(=O)O)C(=O)C1CC2CCCCC2N1. The summed E-state index contributed by atoms with van der Waals surface area (Å²) in [5.74, 6) is -0.172. The van der Waals surface area contributed by atoms with Crippen molar-refractivity contribution >= 4 is 11.9 Å². The Morgan fingerprint density at radius 3 is 2.72 bits per heavy atom. The molecule has 1 saturated heterocycles. The van der Waals surface area contributed by atoms with Crippen LogP contribution in [-0.2, 0) is 9.59 Å². The Balaban J connectivity index is 1.84. The van der Waals surface area contributed by atoms with Crippen LogP contribution in [0.3, 0.4) is 0 Å². The number of hydrogen-bond donors (Lipinski definition) is 2. The van der Waals surface area contributed by atoms with E-state index < -0.39 is 5.97 Å². The van der Waals surface area contributed by atoms with Crippen LogP contribution in [0, 0.1) is 5.92 Å². The molecule has 0 aromatic carbocycles. The van der Waals surface area contributed by atoms with Crippen LogP contribution in [0.15, 0.2) is 0 Å². The molecule has 3 unspecified atom stereocenters. The fourth-order valence-corrected chi connectivity index (χ4v) is 3.15. The zero-order chi connectivity index (χ0) is 13.1. The van der Waals surface area contributed by atoms with E-state index in [2.05, 4.69) is 5.32 Å². The summed E-state index contributed by atoms with van der Waals surface area (Å²) in [5, 5.41) is 12.0. The molecule has 0 spiro atoms. The summed E-state index contributed by atoms with van der Waals surface area (Å²) < 4.78 is 0. The number of rotatable bonds is 4. The summed E-state index contributed by atoms with van der Waals surface area (Å²) in [4.78, 5) is 24.2. The molecule has 2 N–H and O–H groups in total. The fourth-order valence-electron chi connectivity index (χ4n) is 3.15. The van der Waals surface area contributed by atoms with E-state index in [1.807, 2.05) is 0 Å². The second kappa shape index (κ2) is 5.69. The Bertz CT molecular complexity index is 318. The molecule has 2 fully saturated rings. The lowest BCUT2D eigenvalue weighted by atomic mass is 9.85. The molecule has 5 heteroatoms. The van der Waals surface area contributed by atoms with Crippen LogP contribution in [0.5, 0.6) is 0 Å². The molecule has 0 aromatic heterocycles. The number of hydrogen-bond acceptors (Lipinski definition) is 3. The first kappa shape index (κ1) is 13.3. The summed E-state index contributed by atoms with van der Waals surface area (Å²) in [6.45, 7) is 0.293. The van der Waals surface area contributed by atoms with E-state index in [4.69, 9.17) is 5.11 Å². The third kappa shape index (κ3) is 3.02. The van der Waals surface area contributed by atoms with Crippen molar-refractivity contribution in [3.05, 3.63) is 0 Å². The first-order valence-electron chi connectivity index (χ1n) is 6.80. The fraction of sp³-hybridized carbons (Fsp3) is 0.846. The van der Waals surface area contributed by atoms with Crippen molar-refractivity contribution in [1.29, 1.82) is 0 Å². The van der Waals surface area contributed by atoms with Crippen LogP contribution in [0.4, 0.5) is 0 Å². The van der Waals surface area contributed by atoms with Gasteiger partial charge in [-0.1, -0.05) is 12.8 Å². The highest BCUT2D eigenvalue weighted by molar-refractivity contribution is 5.82. The molecule has 1 heterocycles. The highest BCUT2D eigenvalue weighted by Crippen LogP contribution is 2.33. The molecule has 18 heavy (non-hydrogen) atoms. The van der Waals surface area contributed by atoms with Crippen molar-refractivity contribution in [2.75, 3.05) is 13.6 Å². The molecule has 1 amide bonds. The summed E-state index contributed by atoms with van der Waals surface area (Å²) in [5.41, 5.74) is 0. The Kier molecular flexibility index (Phi) is 4.22. The van der Waals surface area contributed by atoms with Crippen molar-refractivity contribution in [2.45, 2.75) is 50.6 Å². The third-order valence-electron chi connectivity index (χ3n) is 4.20. The molecule has 2 aliphatic rings. The van der Waals surface area contributed by atoms with Gasteiger partial charge in [-0.05, 0) is 25.2 Å². The number of amides is 1. The van der Waals surface area contributed by atoms with Gasteiger partial charge in [-0.25, -0.2) is 0 Å². The molecule has 0 radical (unpaired) electrons. The highest BCUT2D eigenvalue weighted by Gasteiger charge is 2.39. The Morgan fingerprint density at radius 1 is 1.33 bits per heavy atom. The van der Waals surface area contributed by atoms with Gasteiger partial charge in [-0.15, -0.1) is 0 Å². The second-order valence-corrected chi connectivity index (χ2v) is 5.51. The van der Waals surface area contributed by atoms with Gasteiger partial charge in [0, 0.05) is 19.6 Å². The summed E-state index contributed by atoms with van der Waals surface area (Å²) in [6.07, 6.45) is 5.86. The molecular formula is C13H22N2O3. The average molecular weight is 254 g/mol. The quantitative estimate of drug-likeness (QED) is 0.780. The van der Waals surface area contributed by atoms with Crippen molar-refractivity contribution in [3.8, 4) is 0 Å². The number of carbonyl (C=O) groups is 2. The maximum absolute atomic E-state index is 12.2. The molecule has 3 atom stereocenters. The van der Waals surface area contributed by atoms with Gasteiger partial charge >= 0.3 is 5.97 Å². The van der Waals surface area contributed by atoms with Crippen LogP contribution >= 0.6 is 0 Å². The van der Waals surface area contributed by atoms with Gasteiger partial charge in [0.05, 0.1) is 12.5 Å². The number of nitrogens with one attached hydrogen (secondary N) is 1. The zero-order valence-corrected chi connectivity index (χ0v) is 10.9. The molecular weight excluding hydrogens is 232 g/mol. The molecule has 5 nitrogen and oxygen atoms in total. The van der Waals surface area contributed by atoms with Gasteiger partial charge < -0.3 is 15.3 Å². The molecule has 2 rings (SSSR count). The first-order chi connectivity index (χ1) is 8.58. The molecule has 1 aliphatic carbocycles. The van der Waals surface area contributed by atoms with E-state index in [1.165, 1.54) is 25.7 Å². The molecule has 0 aromatic rings. The minimum absolute atomic E-state index is 0.0157. The van der Waals surface area contributed by atoms with Crippen molar-refractivity contribution in [1.82, 2.24) is 10.2 Å². The van der Waals surface area contributed by atoms with E-state index in [0.717, 1.165) is 6.42 Å². The Morgan fingerprint density at radius 2 is 2.06 bits per heavy atom. The van der Waals surface area contributed by atoms with Crippen LogP contribution in [0.2, 0.25) is 0 Å². The monoisotopic (exact) mass is 254 g/mol. The van der Waals surface area contributed by atoms with Crippen molar-refractivity contribution in [2.24, 2.45) is 5.92 Å². The number of carboxylic acids is 1. The Labute approximate surface area is 108 Å². The number of nitrogens with zero attached hydrogens (tertiary/aromatic N) is 1. The first-order valence-corrected chi connectivity index (χ1v) is 6.80. The molecule has 0 bridgehead atoms. The Hall–Kier alpha value is -1.10. The topological polar surface area (TPSA) is 69.6 Å². The van der Waals surface area contributed by atoms with Gasteiger partial charge in [0.2, 0.25) is 5.91 Å². The van der Waals surface area contributed by atoms with Gasteiger partial charge in [0.15, 0.2) is 0 Å². The number of aliphatic carboxylic acids is 1. The number of carboxylic acid groups (broad SMARTS) is 1. The van der Waals surface area contributed by atoms with Gasteiger partial charge in [0.1, 0.15) is 0 Å². The minimum atomic E-state index is -0.859. The van der Waals surface area contributed by atoms with Crippen LogP contribution in [0.1, 0.15) is 38.5 Å². The van der Waals surface area contributed by atoms with E-state index in [9.17, 15) is 9.59 Å². The van der Waals surface area contributed by atoms with Crippen molar-refractivity contribution in [3.63, 3.8) is 0 Å². The lowest BCUT2D eigenvalue weighted by Gasteiger charge is -2.24. The van der Waals surface area contributed by atoms with Crippen LogP contribution < -0.4 is 5.32 Å². The summed E-state index contributed by atoms with van der Waals surface area (Å²) >= 11 is 0. The number of carbonyl (C=O) groups excluding carboxylic acids is 1. The van der Waals surface area contributed by atoms with E-state index in [0.29, 0.717) is 18.5 Å². The van der Waals surface area contributed by atoms with Crippen LogP contribution in [-0.4, -0.2) is 47.6 Å². The maximum atomic E-state index is 12.2. The van der Waals surface area contributed by atoms with Gasteiger partial charge in [0.25, 0.3) is 0 Å². The summed E-state index contributed by atoms with van der Waals surface area (Å²) in [7, 11) is 1.69. The van der Waals surface area contributed by atoms with Gasteiger partial charge in [-0.2, -0.15) is 0 Å². The molecule has 102 valence electrons. The third-order valence-corrected chi connectivity index (χ3v) is 4.20. The zero-order valence-electron chi connectivity index (χ0n) is 10.9. The minimum Gasteiger partial charge on any atom is -0.481 e. The van der Waals surface area contributed by atoms with Gasteiger partial charge in [-0.3, -0.25) is 9.59 Å². The number of fused-ring (bicyclic) bond motifs is 1. The standard InChI is InChI=1S/C13H22N2O3/c1-15(7-6-12(16)17)13(18)11-8-9-4-2-3-5-10(9)14-11/h9-11,14H,2-8H2,1H3,(H,16,17). The smallest absolute Gasteiger partial charge is 0.305 e. The van der Waals surface area contributed by atoms with Crippen LogP contribution in [0.25, 0.3) is 0 Å². The molecule has 1 aliphatic heterocycles. The second-order valence-electron chi connectivity index (χ2n) is 5.51. The lowest BCUT2D eigenvalue weighted by molar-refractivity contribution is -0.138. The predicted molar refractivity (Wildman–Crippen MR) is 67.2 cm³/mol. The normalized spacial score (nSPS) is 30.8. The van der Waals surface area contributed by atoms with E-state index >= 15 is 0 Å². The highest BCUT2D eigenvalue weighted by atomic mass is 16.4. The average Bonchev–Trinajstić information content (AvgIpc) is 2.78. The van der Waals surface area contributed by atoms with Crippen molar-refractivity contribution < 1.29 is 14.7 Å². The van der Waals surface area contributed by atoms with E-state index in [1.54, 1.807) is 11.9 Å². The predicted octanol–water partition coefficient (Wildman–Crippen LogP) is 0.840.